The molecule has 1 aliphatic heterocycles. The van der Waals surface area contributed by atoms with Gasteiger partial charge in [-0.2, -0.15) is 0 Å². The van der Waals surface area contributed by atoms with Crippen molar-refractivity contribution >= 4 is 45.4 Å². The Balaban J connectivity index is 2.02. The fraction of sp³-hybridized carbons (Fsp3) is 0.261. The average molecular weight is 439 g/mol. The zero-order chi connectivity index (χ0) is 21.3. The summed E-state index contributed by atoms with van der Waals surface area (Å²) in [6.45, 7) is 3.03. The lowest BCUT2D eigenvalue weighted by Gasteiger charge is -2.49. The first-order chi connectivity index (χ1) is 14.6. The highest BCUT2D eigenvalue weighted by molar-refractivity contribution is 7.99. The first-order valence-electron chi connectivity index (χ1n) is 9.98. The zero-order valence-corrected chi connectivity index (χ0v) is 18.7. The van der Waals surface area contributed by atoms with E-state index in [1.54, 1.807) is 11.8 Å². The van der Waals surface area contributed by atoms with E-state index >= 15 is 0 Å². The third kappa shape index (κ3) is 3.42. The van der Waals surface area contributed by atoms with Crippen LogP contribution in [0.15, 0.2) is 60.7 Å². The molecule has 7 heteroatoms. The topological polar surface area (TPSA) is 75.6 Å². The number of hydrogen-bond donors (Lipinski definition) is 2. The number of carbonyl (C=O) groups excluding carboxylic acids is 1. The number of amides is 1. The summed E-state index contributed by atoms with van der Waals surface area (Å²) in [6, 6.07) is 20.6. The van der Waals surface area contributed by atoms with Crippen molar-refractivity contribution in [1.29, 1.82) is 0 Å². The summed E-state index contributed by atoms with van der Waals surface area (Å²) in [5.74, 6) is -0.470. The van der Waals surface area contributed by atoms with Gasteiger partial charge >= 0.3 is 0 Å². The van der Waals surface area contributed by atoms with Gasteiger partial charge in [-0.15, -0.1) is 23.1 Å². The summed E-state index contributed by atoms with van der Waals surface area (Å²) < 4.78 is 0. The Morgan fingerprint density at radius 3 is 2.30 bits per heavy atom. The normalized spacial score (nSPS) is 18.3. The van der Waals surface area contributed by atoms with Crippen molar-refractivity contribution in [3.05, 3.63) is 76.7 Å². The smallest absolute Gasteiger partial charge is 0.260 e. The van der Waals surface area contributed by atoms with Crippen LogP contribution in [0.3, 0.4) is 0 Å². The number of thioether (sulfide) groups is 1. The van der Waals surface area contributed by atoms with Gasteiger partial charge in [0, 0.05) is 17.8 Å². The summed E-state index contributed by atoms with van der Waals surface area (Å²) in [5.41, 5.74) is 16.1. The maximum atomic E-state index is 12.2. The number of nitrogen functional groups attached to an aromatic ring is 1. The highest BCUT2D eigenvalue weighted by Gasteiger charge is 2.43. The van der Waals surface area contributed by atoms with Crippen molar-refractivity contribution in [3.8, 4) is 0 Å². The highest BCUT2D eigenvalue weighted by Crippen LogP contribution is 2.53. The molecule has 30 heavy (non-hydrogen) atoms. The SMILES string of the molecule is CCCN1c2sc(C(N)=O)c(N)c2C(c2ccccc2)N(c2ccccc2)C1SC. The number of benzene rings is 2. The fourth-order valence-electron chi connectivity index (χ4n) is 4.15. The van der Waals surface area contributed by atoms with E-state index in [1.165, 1.54) is 11.3 Å². The Bertz CT molecular complexity index is 1020. The number of rotatable bonds is 6. The molecule has 0 bridgehead atoms. The van der Waals surface area contributed by atoms with Gasteiger partial charge in [-0.1, -0.05) is 55.5 Å². The van der Waals surface area contributed by atoms with Crippen molar-refractivity contribution < 1.29 is 4.79 Å². The Morgan fingerprint density at radius 1 is 1.10 bits per heavy atom. The third-order valence-electron chi connectivity index (χ3n) is 5.35. The van der Waals surface area contributed by atoms with Gasteiger partial charge in [0.1, 0.15) is 9.88 Å². The van der Waals surface area contributed by atoms with E-state index in [0.29, 0.717) is 10.6 Å². The van der Waals surface area contributed by atoms with Gasteiger partial charge in [0.05, 0.1) is 11.7 Å². The first kappa shape index (κ1) is 20.6. The fourth-order valence-corrected chi connectivity index (χ4v) is 6.31. The van der Waals surface area contributed by atoms with E-state index in [9.17, 15) is 4.79 Å². The van der Waals surface area contributed by atoms with Crippen LogP contribution in [-0.4, -0.2) is 24.2 Å². The monoisotopic (exact) mass is 438 g/mol. The molecule has 1 aliphatic rings. The minimum atomic E-state index is -0.470. The van der Waals surface area contributed by atoms with Crippen LogP contribution in [-0.2, 0) is 0 Å². The molecule has 0 saturated heterocycles. The molecule has 0 fully saturated rings. The number of nitrogens with zero attached hydrogens (tertiary/aromatic N) is 2. The van der Waals surface area contributed by atoms with Gasteiger partial charge < -0.3 is 21.3 Å². The van der Waals surface area contributed by atoms with Crippen LogP contribution in [0.5, 0.6) is 0 Å². The number of hydrogen-bond acceptors (Lipinski definition) is 6. The van der Waals surface area contributed by atoms with E-state index in [1.807, 2.05) is 24.3 Å². The van der Waals surface area contributed by atoms with Crippen LogP contribution >= 0.6 is 23.1 Å². The highest BCUT2D eigenvalue weighted by atomic mass is 32.2. The minimum Gasteiger partial charge on any atom is -0.397 e. The van der Waals surface area contributed by atoms with Crippen LogP contribution in [0.25, 0.3) is 0 Å². The number of primary amides is 1. The number of thiophene rings is 1. The predicted molar refractivity (Wildman–Crippen MR) is 129 cm³/mol. The van der Waals surface area contributed by atoms with Crippen molar-refractivity contribution in [2.45, 2.75) is 24.9 Å². The van der Waals surface area contributed by atoms with Crippen LogP contribution in [0.4, 0.5) is 16.4 Å². The summed E-state index contributed by atoms with van der Waals surface area (Å²) >= 11 is 3.20. The molecule has 2 atom stereocenters. The van der Waals surface area contributed by atoms with Crippen LogP contribution < -0.4 is 21.3 Å². The second-order valence-corrected chi connectivity index (χ2v) is 9.13. The third-order valence-corrected chi connectivity index (χ3v) is 7.53. The van der Waals surface area contributed by atoms with Crippen molar-refractivity contribution in [2.75, 3.05) is 28.3 Å². The second kappa shape index (κ2) is 8.62. The lowest BCUT2D eigenvalue weighted by atomic mass is 9.94. The van der Waals surface area contributed by atoms with Crippen LogP contribution in [0, 0.1) is 0 Å². The summed E-state index contributed by atoms with van der Waals surface area (Å²) in [6.07, 6.45) is 3.11. The van der Waals surface area contributed by atoms with Crippen LogP contribution in [0.1, 0.15) is 40.2 Å². The largest absolute Gasteiger partial charge is 0.397 e. The molecule has 4 rings (SSSR count). The average Bonchev–Trinajstić information content (AvgIpc) is 3.12. The van der Waals surface area contributed by atoms with E-state index in [2.05, 4.69) is 59.4 Å². The molecule has 1 aromatic heterocycles. The molecule has 156 valence electrons. The molecule has 1 amide bonds. The van der Waals surface area contributed by atoms with E-state index in [-0.39, 0.29) is 11.5 Å². The number of nitrogens with two attached hydrogens (primary N) is 2. The molecule has 5 nitrogen and oxygen atoms in total. The van der Waals surface area contributed by atoms with Crippen LogP contribution in [0.2, 0.25) is 0 Å². The van der Waals surface area contributed by atoms with E-state index in [0.717, 1.165) is 34.8 Å². The molecule has 3 aromatic rings. The van der Waals surface area contributed by atoms with E-state index < -0.39 is 5.91 Å². The molecule has 0 radical (unpaired) electrons. The van der Waals surface area contributed by atoms with Gasteiger partial charge in [-0.25, -0.2) is 0 Å². The number of fused-ring (bicyclic) bond motifs is 1. The Labute approximate surface area is 185 Å². The molecular formula is C23H26N4OS2. The van der Waals surface area contributed by atoms with Gasteiger partial charge in [0.2, 0.25) is 0 Å². The summed E-state index contributed by atoms with van der Waals surface area (Å²) in [4.78, 5) is 17.4. The quantitative estimate of drug-likeness (QED) is 0.572. The lowest BCUT2D eigenvalue weighted by Crippen LogP contribution is -2.52. The van der Waals surface area contributed by atoms with Crippen molar-refractivity contribution in [1.82, 2.24) is 0 Å². The molecule has 0 saturated carbocycles. The zero-order valence-electron chi connectivity index (χ0n) is 17.1. The molecule has 4 N–H and O–H groups in total. The maximum absolute atomic E-state index is 12.2. The van der Waals surface area contributed by atoms with Gasteiger partial charge in [-0.3, -0.25) is 4.79 Å². The molecule has 2 heterocycles. The summed E-state index contributed by atoms with van der Waals surface area (Å²) in [7, 11) is 0. The summed E-state index contributed by atoms with van der Waals surface area (Å²) in [5, 5.41) is 1.04. The molecule has 0 aliphatic carbocycles. The van der Waals surface area contributed by atoms with Crippen molar-refractivity contribution in [3.63, 3.8) is 0 Å². The van der Waals surface area contributed by atoms with Gasteiger partial charge in [0.25, 0.3) is 5.91 Å². The Morgan fingerprint density at radius 2 is 1.73 bits per heavy atom. The van der Waals surface area contributed by atoms with Crippen molar-refractivity contribution in [2.24, 2.45) is 5.73 Å². The standard InChI is InChI=1S/C23H26N4OS2/c1-3-14-26-22-17(18(24)20(30-22)21(25)28)19(15-10-6-4-7-11-15)27(23(26)29-2)16-12-8-5-9-13-16/h4-13,19,23H,3,14,24H2,1-2H3,(H2,25,28). The number of para-hydroxylation sites is 1. The second-order valence-electron chi connectivity index (χ2n) is 7.24. The Hall–Kier alpha value is -2.64. The number of carbonyl (C=O) groups is 1. The molecule has 2 unspecified atom stereocenters. The minimum absolute atomic E-state index is 0.0591. The van der Waals surface area contributed by atoms with Gasteiger partial charge in [-0.05, 0) is 30.4 Å². The van der Waals surface area contributed by atoms with Gasteiger partial charge in [0.15, 0.2) is 5.50 Å². The Kier molecular flexibility index (Phi) is 5.92. The maximum Gasteiger partial charge on any atom is 0.260 e. The molecule has 2 aromatic carbocycles. The molecular weight excluding hydrogens is 412 g/mol. The molecule has 0 spiro atoms. The van der Waals surface area contributed by atoms with E-state index in [4.69, 9.17) is 11.5 Å². The number of anilines is 3. The lowest BCUT2D eigenvalue weighted by molar-refractivity contribution is 0.100. The first-order valence-corrected chi connectivity index (χ1v) is 12.1. The predicted octanol–water partition coefficient (Wildman–Crippen LogP) is 4.90.